The third kappa shape index (κ3) is 2.01. The van der Waals surface area contributed by atoms with Gasteiger partial charge in [-0.05, 0) is 18.6 Å². The van der Waals surface area contributed by atoms with Crippen LogP contribution in [0.5, 0.6) is 5.75 Å². The second kappa shape index (κ2) is 4.43. The molecule has 2 rings (SSSR count). The molecule has 3 heteroatoms. The van der Waals surface area contributed by atoms with Crippen LogP contribution in [0.25, 0.3) is 0 Å². The summed E-state index contributed by atoms with van der Waals surface area (Å²) >= 11 is 0. The topological polar surface area (TPSA) is 24.5 Å². The third-order valence-corrected chi connectivity index (χ3v) is 2.74. The highest BCUT2D eigenvalue weighted by atomic mass is 16.5. The summed E-state index contributed by atoms with van der Waals surface area (Å²) in [5.74, 6) is 0.916. The molecule has 1 N–H and O–H groups in total. The van der Waals surface area contributed by atoms with Crippen LogP contribution in [-0.4, -0.2) is 26.7 Å². The quantitative estimate of drug-likeness (QED) is 0.821. The molecule has 0 atom stereocenters. The van der Waals surface area contributed by atoms with Gasteiger partial charge in [0, 0.05) is 25.7 Å². The van der Waals surface area contributed by atoms with Crippen molar-refractivity contribution < 1.29 is 4.74 Å². The maximum Gasteiger partial charge on any atom is 0.121 e. The maximum absolute atomic E-state index is 5.22. The lowest BCUT2D eigenvalue weighted by atomic mass is 10.2. The van der Waals surface area contributed by atoms with E-state index in [9.17, 15) is 0 Å². The molecule has 1 aromatic carbocycles. The molecule has 1 heterocycles. The van der Waals surface area contributed by atoms with Gasteiger partial charge < -0.3 is 15.0 Å². The summed E-state index contributed by atoms with van der Waals surface area (Å²) in [6.07, 6.45) is 1.19. The molecular weight excluding hydrogens is 188 g/mol. The number of nitrogens with zero attached hydrogens (tertiary/aromatic N) is 1. The molecule has 0 bridgehead atoms. The van der Waals surface area contributed by atoms with Crippen LogP contribution in [0.4, 0.5) is 11.4 Å². The molecule has 15 heavy (non-hydrogen) atoms. The van der Waals surface area contributed by atoms with Gasteiger partial charge in [0.1, 0.15) is 5.75 Å². The highest BCUT2D eigenvalue weighted by molar-refractivity contribution is 5.73. The van der Waals surface area contributed by atoms with Crippen LogP contribution in [-0.2, 0) is 0 Å². The molecule has 1 aromatic rings. The Hall–Kier alpha value is -1.38. The zero-order valence-corrected chi connectivity index (χ0v) is 9.42. The van der Waals surface area contributed by atoms with Crippen LogP contribution >= 0.6 is 0 Å². The van der Waals surface area contributed by atoms with Crippen molar-refractivity contribution in [2.24, 2.45) is 0 Å². The summed E-state index contributed by atoms with van der Waals surface area (Å²) in [6, 6.07) is 6.22. The van der Waals surface area contributed by atoms with Gasteiger partial charge in [0.2, 0.25) is 0 Å². The van der Waals surface area contributed by atoms with Gasteiger partial charge in [-0.25, -0.2) is 0 Å². The summed E-state index contributed by atoms with van der Waals surface area (Å²) in [5.41, 5.74) is 2.48. The van der Waals surface area contributed by atoms with E-state index in [1.807, 2.05) is 6.07 Å². The fourth-order valence-electron chi connectivity index (χ4n) is 2.01. The summed E-state index contributed by atoms with van der Waals surface area (Å²) < 4.78 is 5.22. The Bertz CT molecular complexity index is 338. The van der Waals surface area contributed by atoms with Crippen LogP contribution in [0.2, 0.25) is 0 Å². The van der Waals surface area contributed by atoms with E-state index < -0.39 is 0 Å². The Morgan fingerprint density at radius 2 is 2.33 bits per heavy atom. The lowest BCUT2D eigenvalue weighted by Gasteiger charge is -2.32. The maximum atomic E-state index is 5.22. The Morgan fingerprint density at radius 3 is 3.07 bits per heavy atom. The van der Waals surface area contributed by atoms with Crippen molar-refractivity contribution in [2.45, 2.75) is 13.3 Å². The summed E-state index contributed by atoms with van der Waals surface area (Å²) in [7, 11) is 1.70. The molecule has 1 aliphatic rings. The van der Waals surface area contributed by atoms with Crippen molar-refractivity contribution in [3.63, 3.8) is 0 Å². The molecule has 0 fully saturated rings. The molecule has 0 unspecified atom stereocenters. The van der Waals surface area contributed by atoms with Crippen LogP contribution < -0.4 is 15.0 Å². The van der Waals surface area contributed by atoms with Crippen LogP contribution in [0.15, 0.2) is 18.2 Å². The second-order valence-corrected chi connectivity index (χ2v) is 3.80. The number of methoxy groups -OCH3 is 1. The third-order valence-electron chi connectivity index (χ3n) is 2.74. The number of benzene rings is 1. The Balaban J connectivity index is 2.28. The average Bonchev–Trinajstić information content (AvgIpc) is 2.29. The molecule has 0 amide bonds. The molecule has 82 valence electrons. The van der Waals surface area contributed by atoms with E-state index in [2.05, 4.69) is 29.3 Å². The van der Waals surface area contributed by atoms with Gasteiger partial charge >= 0.3 is 0 Å². The summed E-state index contributed by atoms with van der Waals surface area (Å²) in [4.78, 5) is 2.42. The van der Waals surface area contributed by atoms with Crippen molar-refractivity contribution in [3.05, 3.63) is 18.2 Å². The molecule has 0 radical (unpaired) electrons. The highest BCUT2D eigenvalue weighted by Crippen LogP contribution is 2.32. The minimum atomic E-state index is 0.916. The normalized spacial score (nSPS) is 14.4. The zero-order valence-electron chi connectivity index (χ0n) is 9.42. The lowest BCUT2D eigenvalue weighted by molar-refractivity contribution is 0.415. The smallest absolute Gasteiger partial charge is 0.121 e. The van der Waals surface area contributed by atoms with Crippen LogP contribution in [0, 0.1) is 0 Å². The minimum Gasteiger partial charge on any atom is -0.497 e. The number of rotatable bonds is 3. The molecule has 0 aliphatic carbocycles. The van der Waals surface area contributed by atoms with E-state index in [1.165, 1.54) is 17.8 Å². The molecule has 0 saturated heterocycles. The van der Waals surface area contributed by atoms with E-state index in [1.54, 1.807) is 7.11 Å². The Labute approximate surface area is 91.0 Å². The van der Waals surface area contributed by atoms with Crippen molar-refractivity contribution in [1.82, 2.24) is 0 Å². The molecule has 0 saturated carbocycles. The van der Waals surface area contributed by atoms with E-state index in [0.717, 1.165) is 25.4 Å². The Kier molecular flexibility index (Phi) is 2.99. The molecule has 3 nitrogen and oxygen atoms in total. The van der Waals surface area contributed by atoms with Crippen LogP contribution in [0.1, 0.15) is 13.3 Å². The summed E-state index contributed by atoms with van der Waals surface area (Å²) in [5, 5.41) is 3.40. The first-order chi connectivity index (χ1) is 7.35. The van der Waals surface area contributed by atoms with Gasteiger partial charge in [0.25, 0.3) is 0 Å². The van der Waals surface area contributed by atoms with Gasteiger partial charge in [-0.1, -0.05) is 6.92 Å². The van der Waals surface area contributed by atoms with Crippen molar-refractivity contribution >= 4 is 11.4 Å². The van der Waals surface area contributed by atoms with Gasteiger partial charge in [0.05, 0.1) is 18.5 Å². The SMILES string of the molecule is CCCN1CCNc2cc(OC)ccc21. The number of fused-ring (bicyclic) bond motifs is 1. The predicted molar refractivity (Wildman–Crippen MR) is 64.0 cm³/mol. The van der Waals surface area contributed by atoms with E-state index in [0.29, 0.717) is 0 Å². The number of ether oxygens (including phenoxy) is 1. The number of hydrogen-bond acceptors (Lipinski definition) is 3. The molecule has 1 aliphatic heterocycles. The fourth-order valence-corrected chi connectivity index (χ4v) is 2.01. The number of nitrogens with one attached hydrogen (secondary N) is 1. The van der Waals surface area contributed by atoms with Crippen molar-refractivity contribution in [2.75, 3.05) is 37.0 Å². The highest BCUT2D eigenvalue weighted by Gasteiger charge is 2.15. The first-order valence-electron chi connectivity index (χ1n) is 5.52. The largest absolute Gasteiger partial charge is 0.497 e. The first-order valence-corrected chi connectivity index (χ1v) is 5.52. The minimum absolute atomic E-state index is 0.916. The number of hydrogen-bond donors (Lipinski definition) is 1. The standard InChI is InChI=1S/C12H18N2O/c1-3-7-14-8-6-13-11-9-10(15-2)4-5-12(11)14/h4-5,9,13H,3,6-8H2,1-2H3. The number of anilines is 2. The average molecular weight is 206 g/mol. The first kappa shape index (κ1) is 10.1. The second-order valence-electron chi connectivity index (χ2n) is 3.80. The lowest BCUT2D eigenvalue weighted by Crippen LogP contribution is -2.34. The van der Waals surface area contributed by atoms with E-state index >= 15 is 0 Å². The molecule has 0 aromatic heterocycles. The van der Waals surface area contributed by atoms with Gasteiger partial charge in [0.15, 0.2) is 0 Å². The van der Waals surface area contributed by atoms with Gasteiger partial charge in [-0.3, -0.25) is 0 Å². The molecule has 0 spiro atoms. The van der Waals surface area contributed by atoms with E-state index in [4.69, 9.17) is 4.74 Å². The van der Waals surface area contributed by atoms with Crippen LogP contribution in [0.3, 0.4) is 0 Å². The van der Waals surface area contributed by atoms with Crippen molar-refractivity contribution in [1.29, 1.82) is 0 Å². The van der Waals surface area contributed by atoms with Crippen molar-refractivity contribution in [3.8, 4) is 5.75 Å². The zero-order chi connectivity index (χ0) is 10.7. The fraction of sp³-hybridized carbons (Fsp3) is 0.500. The molecular formula is C12H18N2O. The monoisotopic (exact) mass is 206 g/mol. The van der Waals surface area contributed by atoms with Gasteiger partial charge in [-0.2, -0.15) is 0 Å². The van der Waals surface area contributed by atoms with Gasteiger partial charge in [-0.15, -0.1) is 0 Å². The van der Waals surface area contributed by atoms with E-state index in [-0.39, 0.29) is 0 Å². The Morgan fingerprint density at radius 1 is 1.47 bits per heavy atom. The summed E-state index contributed by atoms with van der Waals surface area (Å²) in [6.45, 7) is 5.44. The predicted octanol–water partition coefficient (Wildman–Crippen LogP) is 2.34.